The van der Waals surface area contributed by atoms with E-state index in [9.17, 15) is 0 Å². The van der Waals surface area contributed by atoms with E-state index < -0.39 is 0 Å². The molecular formula is C18H28N2. The molecule has 20 heavy (non-hydrogen) atoms. The van der Waals surface area contributed by atoms with Gasteiger partial charge in [0.2, 0.25) is 0 Å². The summed E-state index contributed by atoms with van der Waals surface area (Å²) in [4.78, 5) is 2.68. The number of hydrogen-bond acceptors (Lipinski definition) is 2. The van der Waals surface area contributed by atoms with Gasteiger partial charge < -0.3 is 10.6 Å². The summed E-state index contributed by atoms with van der Waals surface area (Å²) in [5.41, 5.74) is 8.96. The maximum atomic E-state index is 6.36. The van der Waals surface area contributed by atoms with Crippen molar-refractivity contribution in [3.63, 3.8) is 0 Å². The number of nitrogens with two attached hydrogens (primary N) is 1. The maximum absolute atomic E-state index is 6.36. The molecule has 1 unspecified atom stereocenters. The third-order valence-electron chi connectivity index (χ3n) is 4.69. The topological polar surface area (TPSA) is 29.3 Å². The first-order chi connectivity index (χ1) is 9.70. The first-order valence-electron chi connectivity index (χ1n) is 8.25. The van der Waals surface area contributed by atoms with Crippen LogP contribution in [0.3, 0.4) is 0 Å². The molecule has 2 fully saturated rings. The van der Waals surface area contributed by atoms with Crippen LogP contribution in [0.4, 0.5) is 0 Å². The summed E-state index contributed by atoms with van der Waals surface area (Å²) < 4.78 is 0. The summed E-state index contributed by atoms with van der Waals surface area (Å²) >= 11 is 0. The molecule has 0 saturated heterocycles. The molecule has 3 rings (SSSR count). The highest BCUT2D eigenvalue weighted by atomic mass is 15.1. The second-order valence-corrected chi connectivity index (χ2v) is 6.95. The first kappa shape index (κ1) is 14.1. The minimum atomic E-state index is 0.191. The van der Waals surface area contributed by atoms with Gasteiger partial charge in [-0.1, -0.05) is 29.8 Å². The third kappa shape index (κ3) is 4.32. The lowest BCUT2D eigenvalue weighted by Crippen LogP contribution is -2.31. The smallest absolute Gasteiger partial charge is 0.0307 e. The van der Waals surface area contributed by atoms with Crippen molar-refractivity contribution in [3.05, 3.63) is 35.4 Å². The van der Waals surface area contributed by atoms with Crippen LogP contribution in [-0.2, 0) is 0 Å². The van der Waals surface area contributed by atoms with E-state index in [0.717, 1.165) is 18.3 Å². The fraction of sp³-hybridized carbons (Fsp3) is 0.667. The van der Waals surface area contributed by atoms with Crippen LogP contribution in [0, 0.1) is 18.8 Å². The highest BCUT2D eigenvalue weighted by Crippen LogP contribution is 2.34. The molecule has 1 aromatic carbocycles. The molecule has 2 saturated carbocycles. The lowest BCUT2D eigenvalue weighted by Gasteiger charge is -2.24. The van der Waals surface area contributed by atoms with Gasteiger partial charge in [-0.05, 0) is 63.0 Å². The van der Waals surface area contributed by atoms with Gasteiger partial charge in [-0.25, -0.2) is 0 Å². The van der Waals surface area contributed by atoms with Crippen LogP contribution in [0.5, 0.6) is 0 Å². The monoisotopic (exact) mass is 272 g/mol. The quantitative estimate of drug-likeness (QED) is 0.784. The highest BCUT2D eigenvalue weighted by Gasteiger charge is 2.29. The van der Waals surface area contributed by atoms with E-state index in [1.165, 1.54) is 56.4 Å². The fourth-order valence-corrected chi connectivity index (χ4v) is 2.89. The molecule has 0 heterocycles. The molecule has 2 N–H and O–H groups in total. The lowest BCUT2D eigenvalue weighted by atomic mass is 10.0. The Balaban J connectivity index is 1.48. The molecule has 2 heteroatoms. The van der Waals surface area contributed by atoms with E-state index in [4.69, 9.17) is 5.73 Å². The largest absolute Gasteiger partial charge is 0.324 e. The molecule has 0 amide bonds. The zero-order valence-corrected chi connectivity index (χ0v) is 12.7. The Morgan fingerprint density at radius 2 is 1.60 bits per heavy atom. The lowest BCUT2D eigenvalue weighted by molar-refractivity contribution is 0.243. The van der Waals surface area contributed by atoms with Gasteiger partial charge in [0.15, 0.2) is 0 Å². The van der Waals surface area contributed by atoms with E-state index in [1.54, 1.807) is 0 Å². The Labute approximate surface area is 123 Å². The van der Waals surface area contributed by atoms with Crippen LogP contribution < -0.4 is 5.73 Å². The van der Waals surface area contributed by atoms with Gasteiger partial charge in [-0.2, -0.15) is 0 Å². The van der Waals surface area contributed by atoms with Crippen LogP contribution >= 0.6 is 0 Å². The van der Waals surface area contributed by atoms with Crippen LogP contribution in [0.15, 0.2) is 24.3 Å². The molecule has 110 valence electrons. The second-order valence-electron chi connectivity index (χ2n) is 6.95. The summed E-state index contributed by atoms with van der Waals surface area (Å²) in [7, 11) is 0. The van der Waals surface area contributed by atoms with Crippen molar-refractivity contribution in [1.29, 1.82) is 0 Å². The minimum Gasteiger partial charge on any atom is -0.324 e. The fourth-order valence-electron chi connectivity index (χ4n) is 2.89. The zero-order chi connectivity index (χ0) is 13.9. The van der Waals surface area contributed by atoms with Crippen LogP contribution in [0.2, 0.25) is 0 Å². The second kappa shape index (κ2) is 6.28. The van der Waals surface area contributed by atoms with E-state index in [0.29, 0.717) is 0 Å². The Hall–Kier alpha value is -0.860. The third-order valence-corrected chi connectivity index (χ3v) is 4.69. The first-order valence-corrected chi connectivity index (χ1v) is 8.25. The van der Waals surface area contributed by atoms with Crippen molar-refractivity contribution >= 4 is 0 Å². The summed E-state index contributed by atoms with van der Waals surface area (Å²) in [6.45, 7) is 5.93. The van der Waals surface area contributed by atoms with E-state index in [2.05, 4.69) is 36.1 Å². The standard InChI is InChI=1S/C18H28N2/c1-14-2-8-17(9-3-14)18(19)10-11-20(12-15-4-5-15)13-16-6-7-16/h2-3,8-9,15-16,18H,4-7,10-13,19H2,1H3. The molecule has 0 aliphatic heterocycles. The predicted molar refractivity (Wildman–Crippen MR) is 84.6 cm³/mol. The van der Waals surface area contributed by atoms with Crippen LogP contribution in [0.25, 0.3) is 0 Å². The van der Waals surface area contributed by atoms with Gasteiger partial charge >= 0.3 is 0 Å². The normalized spacial score (nSPS) is 20.4. The number of rotatable bonds is 8. The average Bonchev–Trinajstić information content (AvgIpc) is 3.32. The number of aryl methyl sites for hydroxylation is 1. The van der Waals surface area contributed by atoms with E-state index in [-0.39, 0.29) is 6.04 Å². The number of benzene rings is 1. The SMILES string of the molecule is Cc1ccc(C(N)CCN(CC2CC2)CC2CC2)cc1. The Bertz CT molecular complexity index is 404. The summed E-state index contributed by atoms with van der Waals surface area (Å²) in [5, 5.41) is 0. The summed E-state index contributed by atoms with van der Waals surface area (Å²) in [6.07, 6.45) is 6.88. The van der Waals surface area contributed by atoms with Crippen molar-refractivity contribution < 1.29 is 0 Å². The molecule has 0 bridgehead atoms. The summed E-state index contributed by atoms with van der Waals surface area (Å²) in [6, 6.07) is 8.90. The van der Waals surface area contributed by atoms with Crippen molar-refractivity contribution in [1.82, 2.24) is 4.90 Å². The maximum Gasteiger partial charge on any atom is 0.0307 e. The van der Waals surface area contributed by atoms with E-state index in [1.807, 2.05) is 0 Å². The van der Waals surface area contributed by atoms with Crippen molar-refractivity contribution in [2.45, 2.75) is 45.1 Å². The molecule has 1 atom stereocenters. The minimum absolute atomic E-state index is 0.191. The van der Waals surface area contributed by atoms with Gasteiger partial charge in [0.25, 0.3) is 0 Å². The highest BCUT2D eigenvalue weighted by molar-refractivity contribution is 5.23. The average molecular weight is 272 g/mol. The molecule has 2 nitrogen and oxygen atoms in total. The van der Waals surface area contributed by atoms with Crippen molar-refractivity contribution in [3.8, 4) is 0 Å². The molecule has 2 aliphatic carbocycles. The summed E-state index contributed by atoms with van der Waals surface area (Å²) in [5.74, 6) is 1.98. The van der Waals surface area contributed by atoms with Crippen molar-refractivity contribution in [2.75, 3.05) is 19.6 Å². The Morgan fingerprint density at radius 3 is 2.10 bits per heavy atom. The van der Waals surface area contributed by atoms with Crippen LogP contribution in [-0.4, -0.2) is 24.5 Å². The number of hydrogen-bond donors (Lipinski definition) is 1. The zero-order valence-electron chi connectivity index (χ0n) is 12.7. The van der Waals surface area contributed by atoms with Gasteiger partial charge in [0.1, 0.15) is 0 Å². The van der Waals surface area contributed by atoms with Crippen LogP contribution in [0.1, 0.15) is 49.3 Å². The van der Waals surface area contributed by atoms with E-state index >= 15 is 0 Å². The predicted octanol–water partition coefficient (Wildman–Crippen LogP) is 3.51. The Kier molecular flexibility index (Phi) is 4.42. The van der Waals surface area contributed by atoms with Gasteiger partial charge in [0.05, 0.1) is 0 Å². The molecule has 0 radical (unpaired) electrons. The van der Waals surface area contributed by atoms with Gasteiger partial charge in [-0.15, -0.1) is 0 Å². The number of nitrogens with zero attached hydrogens (tertiary/aromatic N) is 1. The molecule has 2 aliphatic rings. The van der Waals surface area contributed by atoms with Gasteiger partial charge in [-0.3, -0.25) is 0 Å². The Morgan fingerprint density at radius 1 is 1.05 bits per heavy atom. The van der Waals surface area contributed by atoms with Gasteiger partial charge in [0, 0.05) is 19.1 Å². The molecular weight excluding hydrogens is 244 g/mol. The molecule has 1 aromatic rings. The molecule has 0 spiro atoms. The van der Waals surface area contributed by atoms with Crippen molar-refractivity contribution in [2.24, 2.45) is 17.6 Å². The molecule has 0 aromatic heterocycles.